The van der Waals surface area contributed by atoms with Crippen LogP contribution in [0, 0.1) is 10.1 Å². The topological polar surface area (TPSA) is 162 Å². The van der Waals surface area contributed by atoms with Crippen molar-refractivity contribution in [1.82, 2.24) is 5.32 Å². The van der Waals surface area contributed by atoms with Crippen LogP contribution in [0.5, 0.6) is 0 Å². The smallest absolute Gasteiger partial charge is 0.270 e. The second kappa shape index (κ2) is 6.98. The summed E-state index contributed by atoms with van der Waals surface area (Å²) in [5, 5.41) is 51.3. The lowest BCUT2D eigenvalue weighted by Crippen LogP contribution is -2.64. The van der Waals surface area contributed by atoms with E-state index in [0.717, 1.165) is 6.07 Å². The van der Waals surface area contributed by atoms with E-state index in [9.17, 15) is 30.2 Å². The molecule has 1 aliphatic rings. The van der Waals surface area contributed by atoms with Crippen LogP contribution >= 0.6 is 0 Å². The fourth-order valence-corrected chi connectivity index (χ4v) is 2.25. The van der Waals surface area contributed by atoms with Gasteiger partial charge in [0, 0.05) is 17.7 Å². The summed E-state index contributed by atoms with van der Waals surface area (Å²) in [6, 6.07) is 3.51. The van der Waals surface area contributed by atoms with Crippen LogP contribution in [0.25, 0.3) is 0 Å². The number of carbonyl (C=O) groups excluding carboxylic acids is 1. The number of nitrogens with one attached hydrogen (secondary N) is 1. The number of nitro groups is 1. The normalized spacial score (nSPS) is 30.7. The number of amides is 1. The highest BCUT2D eigenvalue weighted by Gasteiger charge is 2.44. The third-order valence-electron chi connectivity index (χ3n) is 3.52. The Morgan fingerprint density at radius 1 is 1.30 bits per heavy atom. The van der Waals surface area contributed by atoms with Crippen molar-refractivity contribution >= 4 is 11.6 Å². The van der Waals surface area contributed by atoms with Gasteiger partial charge in [-0.3, -0.25) is 14.9 Å². The molecule has 1 amide bonds. The monoisotopic (exact) mass is 328 g/mol. The molecule has 1 fully saturated rings. The van der Waals surface area contributed by atoms with Gasteiger partial charge in [0.15, 0.2) is 6.29 Å². The predicted molar refractivity (Wildman–Crippen MR) is 74.3 cm³/mol. The van der Waals surface area contributed by atoms with Crippen LogP contribution in [0.1, 0.15) is 10.4 Å². The standard InChI is InChI=1S/C13H16N2O8/c16-5-8-10(17)11(18)9(13(20)23-8)14-12(19)6-2-1-3-7(4-6)15(21)22/h1-4,8-11,13,16-18,20H,5H2,(H,14,19)/t8-,9-,10-,11-,13+/m1/s1. The number of rotatable bonds is 4. The first-order valence-electron chi connectivity index (χ1n) is 6.71. The second-order valence-electron chi connectivity index (χ2n) is 5.04. The summed E-state index contributed by atoms with van der Waals surface area (Å²) in [7, 11) is 0. The van der Waals surface area contributed by atoms with Gasteiger partial charge < -0.3 is 30.5 Å². The average Bonchev–Trinajstić information content (AvgIpc) is 2.54. The van der Waals surface area contributed by atoms with Crippen LogP contribution in [0.2, 0.25) is 0 Å². The molecule has 1 aliphatic heterocycles. The molecule has 2 rings (SSSR count). The van der Waals surface area contributed by atoms with Crippen LogP contribution in [0.15, 0.2) is 24.3 Å². The maximum absolute atomic E-state index is 12.1. The van der Waals surface area contributed by atoms with Crippen LogP contribution in [0.4, 0.5) is 5.69 Å². The third kappa shape index (κ3) is 3.63. The Labute approximate surface area is 130 Å². The van der Waals surface area contributed by atoms with Crippen LogP contribution in [0.3, 0.4) is 0 Å². The van der Waals surface area contributed by atoms with Gasteiger partial charge in [-0.15, -0.1) is 0 Å². The van der Waals surface area contributed by atoms with Crippen LogP contribution < -0.4 is 5.32 Å². The highest BCUT2D eigenvalue weighted by Crippen LogP contribution is 2.20. The molecule has 1 heterocycles. The Balaban J connectivity index is 2.13. The molecule has 5 atom stereocenters. The Kier molecular flexibility index (Phi) is 5.23. The summed E-state index contributed by atoms with van der Waals surface area (Å²) in [5.41, 5.74) is -0.351. The SMILES string of the molecule is O=C(N[C@@H]1[C@@H](O)[C@H](O)[C@@H](CO)O[C@@H]1O)c1cccc([N+](=O)[O-])c1. The molecular weight excluding hydrogens is 312 g/mol. The fraction of sp³-hybridized carbons (Fsp3) is 0.462. The average molecular weight is 328 g/mol. The van der Waals surface area contributed by atoms with Gasteiger partial charge in [-0.25, -0.2) is 0 Å². The van der Waals surface area contributed by atoms with E-state index in [1.807, 2.05) is 0 Å². The summed E-state index contributed by atoms with van der Waals surface area (Å²) in [5.74, 6) is -0.796. The number of benzene rings is 1. The van der Waals surface area contributed by atoms with Crippen LogP contribution in [-0.4, -0.2) is 68.5 Å². The van der Waals surface area contributed by atoms with Crippen molar-refractivity contribution in [3.05, 3.63) is 39.9 Å². The van der Waals surface area contributed by atoms with E-state index in [1.54, 1.807) is 0 Å². The molecule has 1 aromatic carbocycles. The molecule has 126 valence electrons. The van der Waals surface area contributed by atoms with E-state index in [1.165, 1.54) is 18.2 Å². The summed E-state index contributed by atoms with van der Waals surface area (Å²) < 4.78 is 4.90. The molecular formula is C13H16N2O8. The largest absolute Gasteiger partial charge is 0.394 e. The first-order chi connectivity index (χ1) is 10.8. The predicted octanol–water partition coefficient (Wildman–Crippen LogP) is -1.88. The first-order valence-corrected chi connectivity index (χ1v) is 6.71. The van der Waals surface area contributed by atoms with E-state index in [-0.39, 0.29) is 11.3 Å². The molecule has 0 bridgehead atoms. The summed E-state index contributed by atoms with van der Waals surface area (Å²) in [4.78, 5) is 22.1. The van der Waals surface area contributed by atoms with E-state index in [4.69, 9.17) is 9.84 Å². The summed E-state index contributed by atoms with van der Waals surface area (Å²) >= 11 is 0. The second-order valence-corrected chi connectivity index (χ2v) is 5.04. The highest BCUT2D eigenvalue weighted by molar-refractivity contribution is 5.95. The number of aliphatic hydroxyl groups is 4. The van der Waals surface area contributed by atoms with Gasteiger partial charge in [-0.05, 0) is 6.07 Å². The molecule has 10 nitrogen and oxygen atoms in total. The molecule has 5 N–H and O–H groups in total. The van der Waals surface area contributed by atoms with E-state index >= 15 is 0 Å². The minimum Gasteiger partial charge on any atom is -0.394 e. The van der Waals surface area contributed by atoms with Crippen molar-refractivity contribution in [1.29, 1.82) is 0 Å². The van der Waals surface area contributed by atoms with E-state index < -0.39 is 48.1 Å². The molecule has 0 radical (unpaired) electrons. The Hall–Kier alpha value is -2.11. The number of hydrogen-bond donors (Lipinski definition) is 5. The number of non-ortho nitro benzene ring substituents is 1. The van der Waals surface area contributed by atoms with Crippen LogP contribution in [-0.2, 0) is 4.74 Å². The molecule has 23 heavy (non-hydrogen) atoms. The zero-order valence-electron chi connectivity index (χ0n) is 11.8. The number of ether oxygens (including phenoxy) is 1. The fourth-order valence-electron chi connectivity index (χ4n) is 2.25. The molecule has 0 aromatic heterocycles. The lowest BCUT2D eigenvalue weighted by Gasteiger charge is -2.40. The third-order valence-corrected chi connectivity index (χ3v) is 3.52. The number of nitrogens with zero attached hydrogens (tertiary/aromatic N) is 1. The minimum absolute atomic E-state index is 0.0580. The summed E-state index contributed by atoms with van der Waals surface area (Å²) in [6.45, 7) is -0.624. The molecule has 0 unspecified atom stereocenters. The van der Waals surface area contributed by atoms with Crippen molar-refractivity contribution in [2.75, 3.05) is 6.61 Å². The van der Waals surface area contributed by atoms with Crippen molar-refractivity contribution in [3.8, 4) is 0 Å². The number of carbonyl (C=O) groups is 1. The lowest BCUT2D eigenvalue weighted by molar-refractivity contribution is -0.384. The minimum atomic E-state index is -1.66. The maximum atomic E-state index is 12.1. The van der Waals surface area contributed by atoms with Gasteiger partial charge in [0.2, 0.25) is 0 Å². The van der Waals surface area contributed by atoms with Crippen molar-refractivity contribution in [3.63, 3.8) is 0 Å². The number of nitro benzene ring substituents is 1. The number of hydrogen-bond acceptors (Lipinski definition) is 8. The quantitative estimate of drug-likeness (QED) is 0.317. The zero-order chi connectivity index (χ0) is 17.1. The van der Waals surface area contributed by atoms with Crippen molar-refractivity contribution < 1.29 is 34.9 Å². The van der Waals surface area contributed by atoms with Crippen molar-refractivity contribution in [2.24, 2.45) is 0 Å². The first kappa shape index (κ1) is 17.2. The van der Waals surface area contributed by atoms with Gasteiger partial charge in [-0.2, -0.15) is 0 Å². The molecule has 1 saturated heterocycles. The van der Waals surface area contributed by atoms with Gasteiger partial charge in [0.05, 0.1) is 11.5 Å². The van der Waals surface area contributed by atoms with Gasteiger partial charge in [0.25, 0.3) is 11.6 Å². The van der Waals surface area contributed by atoms with Gasteiger partial charge >= 0.3 is 0 Å². The lowest BCUT2D eigenvalue weighted by atomic mass is 9.97. The maximum Gasteiger partial charge on any atom is 0.270 e. The highest BCUT2D eigenvalue weighted by atomic mass is 16.6. The molecule has 10 heteroatoms. The number of aliphatic hydroxyl groups excluding tert-OH is 4. The molecule has 0 aliphatic carbocycles. The Morgan fingerprint density at radius 3 is 2.61 bits per heavy atom. The van der Waals surface area contributed by atoms with Gasteiger partial charge in [-0.1, -0.05) is 6.07 Å². The Morgan fingerprint density at radius 2 is 2.00 bits per heavy atom. The summed E-state index contributed by atoms with van der Waals surface area (Å²) in [6.07, 6.45) is -5.95. The van der Waals surface area contributed by atoms with Crippen molar-refractivity contribution in [2.45, 2.75) is 30.6 Å². The van der Waals surface area contributed by atoms with E-state index in [2.05, 4.69) is 5.32 Å². The molecule has 1 aromatic rings. The van der Waals surface area contributed by atoms with E-state index in [0.29, 0.717) is 0 Å². The molecule has 0 saturated carbocycles. The zero-order valence-corrected chi connectivity index (χ0v) is 11.8. The van der Waals surface area contributed by atoms with Gasteiger partial charge in [0.1, 0.15) is 24.4 Å². The molecule has 0 spiro atoms. The Bertz CT molecular complexity index is 595.